The van der Waals surface area contributed by atoms with Gasteiger partial charge in [-0.05, 0) is 12.1 Å². The van der Waals surface area contributed by atoms with Crippen molar-refractivity contribution in [1.82, 2.24) is 29.9 Å². The summed E-state index contributed by atoms with van der Waals surface area (Å²) in [6.45, 7) is 0.578. The SMILES string of the molecule is c1ccc(-c2nc(CNc3ncnc4nc[nH]c34)cs2)nc1. The number of nitrogens with one attached hydrogen (secondary N) is 2. The van der Waals surface area contributed by atoms with E-state index in [1.54, 1.807) is 23.9 Å². The normalized spacial score (nSPS) is 10.9. The van der Waals surface area contributed by atoms with Gasteiger partial charge in [0, 0.05) is 11.6 Å². The number of hydrogen-bond acceptors (Lipinski definition) is 7. The molecule has 0 aromatic carbocycles. The summed E-state index contributed by atoms with van der Waals surface area (Å²) in [7, 11) is 0. The third-order valence-corrected chi connectivity index (χ3v) is 4.01. The van der Waals surface area contributed by atoms with E-state index >= 15 is 0 Å². The third kappa shape index (κ3) is 2.40. The number of nitrogens with zero attached hydrogens (tertiary/aromatic N) is 5. The number of anilines is 1. The third-order valence-electron chi connectivity index (χ3n) is 3.10. The Labute approximate surface area is 129 Å². The van der Waals surface area contributed by atoms with Crippen molar-refractivity contribution in [2.45, 2.75) is 6.54 Å². The second kappa shape index (κ2) is 5.49. The van der Waals surface area contributed by atoms with Crippen LogP contribution in [0.3, 0.4) is 0 Å². The van der Waals surface area contributed by atoms with Crippen molar-refractivity contribution >= 4 is 28.3 Å². The van der Waals surface area contributed by atoms with Crippen LogP contribution >= 0.6 is 11.3 Å². The average molecular weight is 309 g/mol. The van der Waals surface area contributed by atoms with Gasteiger partial charge in [-0.3, -0.25) is 4.98 Å². The summed E-state index contributed by atoms with van der Waals surface area (Å²) in [6, 6.07) is 5.80. The Morgan fingerprint density at radius 2 is 2.14 bits per heavy atom. The van der Waals surface area contributed by atoms with Crippen LogP contribution in [0.1, 0.15) is 5.69 Å². The van der Waals surface area contributed by atoms with Gasteiger partial charge in [0.15, 0.2) is 11.5 Å². The van der Waals surface area contributed by atoms with E-state index in [2.05, 4.69) is 35.2 Å². The summed E-state index contributed by atoms with van der Waals surface area (Å²) in [6.07, 6.45) is 4.86. The predicted octanol–water partition coefficient (Wildman–Crippen LogP) is 2.48. The van der Waals surface area contributed by atoms with Crippen LogP contribution in [0.25, 0.3) is 21.9 Å². The molecule has 8 heteroatoms. The van der Waals surface area contributed by atoms with E-state index in [-0.39, 0.29) is 0 Å². The van der Waals surface area contributed by atoms with Gasteiger partial charge >= 0.3 is 0 Å². The Bertz CT molecular complexity index is 900. The van der Waals surface area contributed by atoms with Crippen LogP contribution in [0.2, 0.25) is 0 Å². The summed E-state index contributed by atoms with van der Waals surface area (Å²) in [5.74, 6) is 0.717. The van der Waals surface area contributed by atoms with Gasteiger partial charge in [-0.25, -0.2) is 19.9 Å². The molecule has 0 amide bonds. The first-order valence-electron chi connectivity index (χ1n) is 6.64. The van der Waals surface area contributed by atoms with Crippen LogP contribution in [0.4, 0.5) is 5.82 Å². The zero-order valence-electron chi connectivity index (χ0n) is 11.4. The topological polar surface area (TPSA) is 92.3 Å². The lowest BCUT2D eigenvalue weighted by Gasteiger charge is -2.03. The second-order valence-corrected chi connectivity index (χ2v) is 5.39. The fraction of sp³-hybridized carbons (Fsp3) is 0.0714. The molecule has 0 saturated heterocycles. The molecule has 4 rings (SSSR count). The molecule has 4 aromatic rings. The van der Waals surface area contributed by atoms with Crippen LogP contribution in [0, 0.1) is 0 Å². The summed E-state index contributed by atoms with van der Waals surface area (Å²) < 4.78 is 0. The highest BCUT2D eigenvalue weighted by atomic mass is 32.1. The monoisotopic (exact) mass is 309 g/mol. The van der Waals surface area contributed by atoms with Gasteiger partial charge in [0.05, 0.1) is 24.3 Å². The van der Waals surface area contributed by atoms with E-state index < -0.39 is 0 Å². The summed E-state index contributed by atoms with van der Waals surface area (Å²) in [5.41, 5.74) is 3.27. The first kappa shape index (κ1) is 12.8. The average Bonchev–Trinajstić information content (AvgIpc) is 3.23. The van der Waals surface area contributed by atoms with Gasteiger partial charge in [0.25, 0.3) is 0 Å². The number of rotatable bonds is 4. The number of thiazole rings is 1. The first-order chi connectivity index (χ1) is 10.9. The molecule has 0 saturated carbocycles. The van der Waals surface area contributed by atoms with Crippen LogP contribution in [0.15, 0.2) is 42.4 Å². The van der Waals surface area contributed by atoms with E-state index in [1.165, 1.54) is 6.33 Å². The molecular formula is C14H11N7S. The highest BCUT2D eigenvalue weighted by Gasteiger charge is 2.08. The Kier molecular flexibility index (Phi) is 3.20. The first-order valence-corrected chi connectivity index (χ1v) is 7.52. The molecule has 0 spiro atoms. The number of pyridine rings is 1. The van der Waals surface area contributed by atoms with Crippen molar-refractivity contribution in [1.29, 1.82) is 0 Å². The maximum atomic E-state index is 4.59. The Hall–Kier alpha value is -2.87. The molecule has 4 heterocycles. The van der Waals surface area contributed by atoms with E-state index in [4.69, 9.17) is 0 Å². The predicted molar refractivity (Wildman–Crippen MR) is 84.4 cm³/mol. The van der Waals surface area contributed by atoms with Gasteiger partial charge < -0.3 is 10.3 Å². The van der Waals surface area contributed by atoms with Gasteiger partial charge in [-0.1, -0.05) is 6.07 Å². The molecule has 0 fully saturated rings. The van der Waals surface area contributed by atoms with Gasteiger partial charge in [-0.15, -0.1) is 11.3 Å². The van der Waals surface area contributed by atoms with Gasteiger partial charge in [-0.2, -0.15) is 0 Å². The second-order valence-electron chi connectivity index (χ2n) is 4.54. The molecule has 108 valence electrons. The van der Waals surface area contributed by atoms with Crippen LogP contribution in [-0.4, -0.2) is 29.9 Å². The molecule has 0 radical (unpaired) electrons. The van der Waals surface area contributed by atoms with Crippen LogP contribution in [-0.2, 0) is 6.54 Å². The van der Waals surface area contributed by atoms with Crippen molar-refractivity contribution in [3.05, 3.63) is 48.1 Å². The molecule has 0 aliphatic carbocycles. The minimum absolute atomic E-state index is 0.578. The number of hydrogen-bond donors (Lipinski definition) is 2. The molecule has 0 atom stereocenters. The standard InChI is InChI=1S/C14H11N7S/c1-2-4-15-10(3-1)14-21-9(6-22-14)5-16-12-11-13(18-7-17-11)20-8-19-12/h1-4,6-8H,5H2,(H2,16,17,18,19,20). The smallest absolute Gasteiger partial charge is 0.182 e. The lowest BCUT2D eigenvalue weighted by Crippen LogP contribution is -2.02. The Morgan fingerprint density at radius 3 is 3.05 bits per heavy atom. The van der Waals surface area contributed by atoms with Crippen LogP contribution in [0.5, 0.6) is 0 Å². The maximum absolute atomic E-state index is 4.59. The highest BCUT2D eigenvalue weighted by Crippen LogP contribution is 2.22. The van der Waals surface area contributed by atoms with Crippen LogP contribution < -0.4 is 5.32 Å². The number of H-pyrrole nitrogens is 1. The molecular weight excluding hydrogens is 298 g/mol. The van der Waals surface area contributed by atoms with E-state index in [0.717, 1.165) is 27.7 Å². The van der Waals surface area contributed by atoms with Crippen molar-refractivity contribution in [2.24, 2.45) is 0 Å². The quantitative estimate of drug-likeness (QED) is 0.601. The molecule has 2 N–H and O–H groups in total. The molecule has 7 nitrogen and oxygen atoms in total. The molecule has 22 heavy (non-hydrogen) atoms. The minimum Gasteiger partial charge on any atom is -0.362 e. The highest BCUT2D eigenvalue weighted by molar-refractivity contribution is 7.13. The minimum atomic E-state index is 0.578. The Morgan fingerprint density at radius 1 is 1.14 bits per heavy atom. The molecule has 0 unspecified atom stereocenters. The zero-order valence-corrected chi connectivity index (χ0v) is 12.2. The van der Waals surface area contributed by atoms with Crippen molar-refractivity contribution in [3.63, 3.8) is 0 Å². The summed E-state index contributed by atoms with van der Waals surface area (Å²) in [4.78, 5) is 24.3. The molecule has 0 aliphatic rings. The molecule has 0 aliphatic heterocycles. The zero-order chi connectivity index (χ0) is 14.8. The fourth-order valence-corrected chi connectivity index (χ4v) is 2.86. The number of aromatic amines is 1. The molecule has 4 aromatic heterocycles. The lowest BCUT2D eigenvalue weighted by atomic mass is 10.3. The number of fused-ring (bicyclic) bond motifs is 1. The van der Waals surface area contributed by atoms with E-state index in [0.29, 0.717) is 12.2 Å². The van der Waals surface area contributed by atoms with Gasteiger partial charge in [0.1, 0.15) is 16.9 Å². The van der Waals surface area contributed by atoms with Crippen molar-refractivity contribution < 1.29 is 0 Å². The fourth-order valence-electron chi connectivity index (χ4n) is 2.07. The van der Waals surface area contributed by atoms with Crippen molar-refractivity contribution in [3.8, 4) is 10.7 Å². The van der Waals surface area contributed by atoms with Crippen molar-refractivity contribution in [2.75, 3.05) is 5.32 Å². The van der Waals surface area contributed by atoms with E-state index in [9.17, 15) is 0 Å². The Balaban J connectivity index is 1.53. The number of aromatic nitrogens is 6. The molecule has 0 bridgehead atoms. The van der Waals surface area contributed by atoms with Gasteiger partial charge in [0.2, 0.25) is 0 Å². The maximum Gasteiger partial charge on any atom is 0.182 e. The summed E-state index contributed by atoms with van der Waals surface area (Å²) in [5, 5.41) is 6.18. The lowest BCUT2D eigenvalue weighted by molar-refractivity contribution is 1.05. The number of imidazole rings is 1. The largest absolute Gasteiger partial charge is 0.362 e. The van der Waals surface area contributed by atoms with E-state index in [1.807, 2.05) is 23.6 Å². The summed E-state index contributed by atoms with van der Waals surface area (Å²) >= 11 is 1.58.